The zero-order valence-electron chi connectivity index (χ0n) is 13.4. The van der Waals surface area contributed by atoms with Crippen molar-refractivity contribution < 1.29 is 4.79 Å². The molecule has 0 atom stereocenters. The molecule has 0 aliphatic heterocycles. The number of hydrogen-bond acceptors (Lipinski definition) is 1. The molecule has 0 aromatic heterocycles. The van der Waals surface area contributed by atoms with E-state index in [9.17, 15) is 4.79 Å². The average molecular weight is 387 g/mol. The lowest BCUT2D eigenvalue weighted by molar-refractivity contribution is -0.110. The van der Waals surface area contributed by atoms with E-state index in [0.29, 0.717) is 0 Å². The molecule has 126 valence electrons. The molecule has 0 N–H and O–H groups in total. The molecule has 0 unspecified atom stereocenters. The van der Waals surface area contributed by atoms with Crippen LogP contribution >= 0.6 is 30.1 Å². The summed E-state index contributed by atoms with van der Waals surface area (Å²) >= 11 is 11.8. The van der Waals surface area contributed by atoms with Gasteiger partial charge in [-0.05, 0) is 28.6 Å². The fraction of sp³-hybridized carbons (Fsp3) is 0.0476. The van der Waals surface area contributed by atoms with Crippen LogP contribution in [0.25, 0.3) is 0 Å². The highest BCUT2D eigenvalue weighted by atomic mass is 35.5. The largest absolute Gasteiger partial charge is 0.292 e. The van der Waals surface area contributed by atoms with Crippen LogP contribution < -0.4 is 15.9 Å². The maximum absolute atomic E-state index is 12.6. The molecule has 25 heavy (non-hydrogen) atoms. The summed E-state index contributed by atoms with van der Waals surface area (Å²) in [5, 5.41) is 3.28. The predicted molar refractivity (Wildman–Crippen MR) is 112 cm³/mol. The summed E-state index contributed by atoms with van der Waals surface area (Å²) in [4.78, 5) is 11.5. The molecule has 0 saturated carbocycles. The van der Waals surface area contributed by atoms with Gasteiger partial charge in [-0.15, -0.1) is 0 Å². The van der Waals surface area contributed by atoms with E-state index in [0.717, 1.165) is 15.9 Å². The highest BCUT2D eigenvalue weighted by molar-refractivity contribution is 7.95. The smallest absolute Gasteiger partial charge is 0.189 e. The Morgan fingerprint density at radius 3 is 1.28 bits per heavy atom. The molecule has 0 spiro atoms. The number of hydrogen-bond donors (Lipinski definition) is 0. The van der Waals surface area contributed by atoms with Gasteiger partial charge < -0.3 is 0 Å². The Balaban J connectivity index is 2.43. The quantitative estimate of drug-likeness (QED) is 0.475. The van der Waals surface area contributed by atoms with E-state index in [4.69, 9.17) is 23.2 Å². The van der Waals surface area contributed by atoms with Crippen molar-refractivity contribution in [1.29, 1.82) is 0 Å². The molecule has 3 aromatic rings. The van der Waals surface area contributed by atoms with E-state index < -0.39 is 11.7 Å². The van der Waals surface area contributed by atoms with Gasteiger partial charge in [0.1, 0.15) is 0 Å². The van der Waals surface area contributed by atoms with Gasteiger partial charge >= 0.3 is 0 Å². The van der Waals surface area contributed by atoms with E-state index >= 15 is 0 Å². The van der Waals surface area contributed by atoms with E-state index in [1.807, 2.05) is 54.6 Å². The van der Waals surface area contributed by atoms with E-state index in [2.05, 4.69) is 36.4 Å². The summed E-state index contributed by atoms with van der Waals surface area (Å²) in [5.41, 5.74) is 0. The molecule has 0 bridgehead atoms. The number of rotatable bonds is 5. The van der Waals surface area contributed by atoms with Crippen molar-refractivity contribution in [3.8, 4) is 0 Å². The van der Waals surface area contributed by atoms with Crippen LogP contribution in [0, 0.1) is 0 Å². The van der Waals surface area contributed by atoms with Gasteiger partial charge in [-0.3, -0.25) is 4.79 Å². The lowest BCUT2D eigenvalue weighted by atomic mass is 10.4. The van der Waals surface area contributed by atoms with Gasteiger partial charge in [0.15, 0.2) is 10.6 Å². The number of ketones is 1. The molecule has 0 radical (unpaired) electrons. The van der Waals surface area contributed by atoms with Gasteiger partial charge in [-0.25, -0.2) is 0 Å². The normalized spacial score (nSPS) is 11.3. The first kappa shape index (κ1) is 18.0. The second-order valence-corrected chi connectivity index (χ2v) is 9.91. The van der Waals surface area contributed by atoms with Gasteiger partial charge in [0.05, 0.1) is 0 Å². The first-order valence-electron chi connectivity index (χ1n) is 7.88. The van der Waals surface area contributed by atoms with E-state index in [1.165, 1.54) is 0 Å². The number of benzene rings is 3. The Labute approximate surface area is 158 Å². The van der Waals surface area contributed by atoms with E-state index in [-0.39, 0.29) is 5.78 Å². The Morgan fingerprint density at radius 2 is 1.00 bits per heavy atom. The maximum atomic E-state index is 12.6. The lowest BCUT2D eigenvalue weighted by Crippen LogP contribution is -2.29. The van der Waals surface area contributed by atoms with Crippen molar-refractivity contribution in [2.75, 3.05) is 0 Å². The van der Waals surface area contributed by atoms with Crippen molar-refractivity contribution in [2.45, 2.75) is 4.84 Å². The Hall–Kier alpha value is -1.79. The fourth-order valence-corrected chi connectivity index (χ4v) is 7.01. The summed E-state index contributed by atoms with van der Waals surface area (Å²) in [6.07, 6.45) is 0. The molecule has 3 aromatic carbocycles. The molecule has 0 saturated heterocycles. The summed E-state index contributed by atoms with van der Waals surface area (Å²) in [6, 6.07) is 30.3. The third-order valence-electron chi connectivity index (χ3n) is 4.03. The summed E-state index contributed by atoms with van der Waals surface area (Å²) in [5.74, 6) is 1.48. The SMILES string of the molecule is O=C(C=P(c1ccccc1)(c1ccccc1)c1ccccc1)C(Cl)Cl. The minimum absolute atomic E-state index is 0.270. The standard InChI is InChI=1S/C21H17Cl2OP/c22-21(23)20(24)16-25(17-10-4-1-5-11-17,18-12-6-2-7-13-18)19-14-8-3-9-15-19/h1-16,21H. The first-order valence-corrected chi connectivity index (χ1v) is 10.6. The van der Waals surface area contributed by atoms with Crippen LogP contribution in [-0.4, -0.2) is 16.4 Å². The molecule has 1 nitrogen and oxygen atoms in total. The fourth-order valence-electron chi connectivity index (χ4n) is 2.91. The van der Waals surface area contributed by atoms with Crippen molar-refractivity contribution in [1.82, 2.24) is 0 Å². The molecule has 4 heteroatoms. The van der Waals surface area contributed by atoms with Gasteiger partial charge in [0.2, 0.25) is 0 Å². The molecule has 0 aliphatic rings. The molecule has 0 amide bonds. The van der Waals surface area contributed by atoms with Crippen LogP contribution in [0.2, 0.25) is 0 Å². The molecule has 0 aliphatic carbocycles. The number of carbonyl (C=O) groups is 1. The topological polar surface area (TPSA) is 17.1 Å². The predicted octanol–water partition coefficient (Wildman–Crippen LogP) is 4.16. The minimum atomic E-state index is -2.31. The van der Waals surface area contributed by atoms with Gasteiger partial charge in [-0.2, -0.15) is 0 Å². The first-order chi connectivity index (χ1) is 12.1. The van der Waals surface area contributed by atoms with Crippen LogP contribution in [0.4, 0.5) is 0 Å². The van der Waals surface area contributed by atoms with Gasteiger partial charge in [-0.1, -0.05) is 114 Å². The zero-order chi connectivity index (χ0) is 17.7. The maximum Gasteiger partial charge on any atom is 0.189 e. The van der Waals surface area contributed by atoms with E-state index in [1.54, 1.807) is 5.80 Å². The van der Waals surface area contributed by atoms with Crippen LogP contribution in [0.3, 0.4) is 0 Å². The molecular weight excluding hydrogens is 370 g/mol. The van der Waals surface area contributed by atoms with Crippen molar-refractivity contribution in [3.05, 3.63) is 91.0 Å². The molecular formula is C21H17Cl2OP. The third kappa shape index (κ3) is 3.75. The van der Waals surface area contributed by atoms with Crippen molar-refractivity contribution >= 4 is 57.6 Å². The summed E-state index contributed by atoms with van der Waals surface area (Å²) in [7, 11) is 0. The zero-order valence-corrected chi connectivity index (χ0v) is 15.8. The Kier molecular flexibility index (Phi) is 5.81. The van der Waals surface area contributed by atoms with Crippen LogP contribution in [0.5, 0.6) is 0 Å². The Bertz CT molecular complexity index is 788. The van der Waals surface area contributed by atoms with Crippen LogP contribution in [-0.2, 0) is 4.79 Å². The highest BCUT2D eigenvalue weighted by Crippen LogP contribution is 2.43. The second kappa shape index (κ2) is 8.06. The minimum Gasteiger partial charge on any atom is -0.292 e. The van der Waals surface area contributed by atoms with Crippen LogP contribution in [0.1, 0.15) is 0 Å². The number of carbonyl (C=O) groups excluding carboxylic acids is 1. The summed E-state index contributed by atoms with van der Waals surface area (Å²) in [6.45, 7) is -2.31. The highest BCUT2D eigenvalue weighted by Gasteiger charge is 2.27. The monoisotopic (exact) mass is 386 g/mol. The number of alkyl halides is 2. The number of halogens is 2. The van der Waals surface area contributed by atoms with Crippen molar-refractivity contribution in [3.63, 3.8) is 0 Å². The van der Waals surface area contributed by atoms with Gasteiger partial charge in [0, 0.05) is 0 Å². The third-order valence-corrected chi connectivity index (χ3v) is 8.44. The molecule has 0 heterocycles. The number of Topliss-reactive ketones (excluding diaryl/α,β-unsaturated/α-hetero) is 1. The van der Waals surface area contributed by atoms with Gasteiger partial charge in [0.25, 0.3) is 0 Å². The Morgan fingerprint density at radius 1 is 0.680 bits per heavy atom. The lowest BCUT2D eigenvalue weighted by Gasteiger charge is -2.28. The molecule has 3 rings (SSSR count). The van der Waals surface area contributed by atoms with Crippen molar-refractivity contribution in [2.24, 2.45) is 0 Å². The second-order valence-electron chi connectivity index (χ2n) is 5.56. The average Bonchev–Trinajstić information content (AvgIpc) is 2.68. The summed E-state index contributed by atoms with van der Waals surface area (Å²) < 4.78 is 0. The molecule has 0 fully saturated rings. The van der Waals surface area contributed by atoms with Crippen LogP contribution in [0.15, 0.2) is 91.0 Å².